The van der Waals surface area contributed by atoms with Crippen LogP contribution in [0.25, 0.3) is 0 Å². The standard InChI is InChI=1S/C10H15N3OS.ClH/c1-8(14)15-7-10-6-12-9(5-13-10)3-2-4-11;/h5-6H,2-4,7,11H2,1H3;1H. The van der Waals surface area contributed by atoms with E-state index in [0.29, 0.717) is 12.3 Å². The van der Waals surface area contributed by atoms with E-state index < -0.39 is 0 Å². The van der Waals surface area contributed by atoms with Gasteiger partial charge in [0.1, 0.15) is 0 Å². The number of halogens is 1. The first-order chi connectivity index (χ1) is 7.22. The molecule has 0 atom stereocenters. The van der Waals surface area contributed by atoms with Gasteiger partial charge in [-0.25, -0.2) is 0 Å². The Morgan fingerprint density at radius 1 is 1.38 bits per heavy atom. The van der Waals surface area contributed by atoms with Crippen molar-refractivity contribution in [2.75, 3.05) is 6.54 Å². The molecule has 90 valence electrons. The Hall–Kier alpha value is -0.650. The molecule has 0 spiro atoms. The van der Waals surface area contributed by atoms with E-state index in [1.54, 1.807) is 19.3 Å². The van der Waals surface area contributed by atoms with Gasteiger partial charge in [-0.2, -0.15) is 0 Å². The summed E-state index contributed by atoms with van der Waals surface area (Å²) < 4.78 is 0. The van der Waals surface area contributed by atoms with Crippen molar-refractivity contribution in [1.82, 2.24) is 9.97 Å². The topological polar surface area (TPSA) is 68.9 Å². The van der Waals surface area contributed by atoms with Crippen molar-refractivity contribution in [3.8, 4) is 0 Å². The third-order valence-corrected chi connectivity index (χ3v) is 2.67. The first-order valence-corrected chi connectivity index (χ1v) is 5.84. The number of aryl methyl sites for hydroxylation is 1. The van der Waals surface area contributed by atoms with Crippen LogP contribution in [0.4, 0.5) is 0 Å². The van der Waals surface area contributed by atoms with Gasteiger partial charge in [-0.3, -0.25) is 14.8 Å². The van der Waals surface area contributed by atoms with E-state index in [9.17, 15) is 4.79 Å². The number of aromatic nitrogens is 2. The predicted octanol–water partition coefficient (Wildman–Crippen LogP) is 1.57. The van der Waals surface area contributed by atoms with Gasteiger partial charge in [0, 0.05) is 25.1 Å². The summed E-state index contributed by atoms with van der Waals surface area (Å²) in [5, 5.41) is 0.101. The van der Waals surface area contributed by atoms with E-state index in [-0.39, 0.29) is 17.5 Å². The van der Waals surface area contributed by atoms with E-state index in [1.165, 1.54) is 11.8 Å². The average molecular weight is 262 g/mol. The van der Waals surface area contributed by atoms with Gasteiger partial charge in [-0.15, -0.1) is 12.4 Å². The van der Waals surface area contributed by atoms with Crippen molar-refractivity contribution >= 4 is 29.3 Å². The molecule has 0 amide bonds. The molecule has 1 rings (SSSR count). The van der Waals surface area contributed by atoms with Crippen LogP contribution in [-0.2, 0) is 17.0 Å². The molecule has 0 radical (unpaired) electrons. The van der Waals surface area contributed by atoms with Crippen molar-refractivity contribution in [3.63, 3.8) is 0 Å². The smallest absolute Gasteiger partial charge is 0.186 e. The van der Waals surface area contributed by atoms with Gasteiger partial charge >= 0.3 is 0 Å². The molecule has 1 aromatic heterocycles. The highest BCUT2D eigenvalue weighted by Gasteiger charge is 2.00. The number of rotatable bonds is 5. The summed E-state index contributed by atoms with van der Waals surface area (Å²) in [5.74, 6) is 0.597. The van der Waals surface area contributed by atoms with Gasteiger partial charge in [0.25, 0.3) is 0 Å². The Morgan fingerprint density at radius 3 is 2.50 bits per heavy atom. The summed E-state index contributed by atoms with van der Waals surface area (Å²) in [6, 6.07) is 0. The molecule has 0 saturated heterocycles. The van der Waals surface area contributed by atoms with Gasteiger partial charge < -0.3 is 5.73 Å². The predicted molar refractivity (Wildman–Crippen MR) is 68.6 cm³/mol. The fraction of sp³-hybridized carbons (Fsp3) is 0.500. The lowest BCUT2D eigenvalue weighted by atomic mass is 10.2. The van der Waals surface area contributed by atoms with Gasteiger partial charge in [-0.1, -0.05) is 11.8 Å². The molecule has 0 aromatic carbocycles. The normalized spacial score (nSPS) is 9.62. The lowest BCUT2D eigenvalue weighted by Gasteiger charge is -2.00. The van der Waals surface area contributed by atoms with Crippen molar-refractivity contribution in [2.45, 2.75) is 25.5 Å². The molecule has 0 aliphatic heterocycles. The lowest BCUT2D eigenvalue weighted by Crippen LogP contribution is -2.02. The number of hydrogen-bond donors (Lipinski definition) is 1. The van der Waals surface area contributed by atoms with Gasteiger partial charge in [0.15, 0.2) is 5.12 Å². The monoisotopic (exact) mass is 261 g/mol. The molecule has 0 unspecified atom stereocenters. The molecule has 1 aromatic rings. The zero-order valence-corrected chi connectivity index (χ0v) is 10.8. The minimum Gasteiger partial charge on any atom is -0.330 e. The quantitative estimate of drug-likeness (QED) is 0.871. The summed E-state index contributed by atoms with van der Waals surface area (Å²) in [5.41, 5.74) is 7.19. The maximum atomic E-state index is 10.7. The molecule has 1 heterocycles. The molecule has 0 fully saturated rings. The van der Waals surface area contributed by atoms with Crippen LogP contribution in [0.1, 0.15) is 24.7 Å². The Balaban J connectivity index is 0.00000225. The Kier molecular flexibility index (Phi) is 8.15. The van der Waals surface area contributed by atoms with Crippen LogP contribution >= 0.6 is 24.2 Å². The summed E-state index contributed by atoms with van der Waals surface area (Å²) in [6.45, 7) is 2.22. The van der Waals surface area contributed by atoms with Crippen LogP contribution < -0.4 is 5.73 Å². The fourth-order valence-corrected chi connectivity index (χ4v) is 1.54. The van der Waals surface area contributed by atoms with Crippen molar-refractivity contribution in [3.05, 3.63) is 23.8 Å². The van der Waals surface area contributed by atoms with Crippen LogP contribution in [-0.4, -0.2) is 21.6 Å². The largest absolute Gasteiger partial charge is 0.330 e. The molecule has 0 aliphatic carbocycles. The summed E-state index contributed by atoms with van der Waals surface area (Å²) in [6.07, 6.45) is 5.27. The Bertz CT molecular complexity index is 318. The fourth-order valence-electron chi connectivity index (χ4n) is 1.04. The highest BCUT2D eigenvalue weighted by Crippen LogP contribution is 2.09. The average Bonchev–Trinajstić information content (AvgIpc) is 2.25. The molecular formula is C10H16ClN3OS. The van der Waals surface area contributed by atoms with Crippen molar-refractivity contribution in [2.24, 2.45) is 5.73 Å². The van der Waals surface area contributed by atoms with Crippen LogP contribution in [0.15, 0.2) is 12.4 Å². The summed E-state index contributed by atoms with van der Waals surface area (Å²) >= 11 is 1.25. The summed E-state index contributed by atoms with van der Waals surface area (Å²) in [4.78, 5) is 19.2. The Labute approximate surface area is 106 Å². The molecule has 0 aliphatic rings. The zero-order valence-electron chi connectivity index (χ0n) is 9.18. The highest BCUT2D eigenvalue weighted by atomic mass is 35.5. The number of nitrogens with zero attached hydrogens (tertiary/aromatic N) is 2. The zero-order chi connectivity index (χ0) is 11.1. The second-order valence-electron chi connectivity index (χ2n) is 3.17. The van der Waals surface area contributed by atoms with Crippen LogP contribution in [0.3, 0.4) is 0 Å². The maximum Gasteiger partial charge on any atom is 0.186 e. The number of thioether (sulfide) groups is 1. The number of carbonyl (C=O) groups excluding carboxylic acids is 1. The molecule has 2 N–H and O–H groups in total. The molecule has 16 heavy (non-hydrogen) atoms. The summed E-state index contributed by atoms with van der Waals surface area (Å²) in [7, 11) is 0. The number of nitrogens with two attached hydrogens (primary N) is 1. The third-order valence-electron chi connectivity index (χ3n) is 1.82. The Morgan fingerprint density at radius 2 is 2.00 bits per heavy atom. The molecule has 6 heteroatoms. The minimum absolute atomic E-state index is 0. The minimum atomic E-state index is 0. The first kappa shape index (κ1) is 15.3. The molecule has 0 bridgehead atoms. The van der Waals surface area contributed by atoms with E-state index in [1.807, 2.05) is 0 Å². The second-order valence-corrected chi connectivity index (χ2v) is 4.32. The third kappa shape index (κ3) is 6.05. The highest BCUT2D eigenvalue weighted by molar-refractivity contribution is 8.12. The molecule has 4 nitrogen and oxygen atoms in total. The molecular weight excluding hydrogens is 246 g/mol. The van der Waals surface area contributed by atoms with E-state index in [2.05, 4.69) is 9.97 Å². The lowest BCUT2D eigenvalue weighted by molar-refractivity contribution is -0.109. The van der Waals surface area contributed by atoms with Gasteiger partial charge in [0.05, 0.1) is 11.4 Å². The van der Waals surface area contributed by atoms with Crippen molar-refractivity contribution in [1.29, 1.82) is 0 Å². The van der Waals surface area contributed by atoms with Gasteiger partial charge in [-0.05, 0) is 19.4 Å². The van der Waals surface area contributed by atoms with Crippen molar-refractivity contribution < 1.29 is 4.79 Å². The SMILES string of the molecule is CC(=O)SCc1cnc(CCCN)cn1.Cl. The van der Waals surface area contributed by atoms with E-state index in [4.69, 9.17) is 5.73 Å². The van der Waals surface area contributed by atoms with Crippen LogP contribution in [0.2, 0.25) is 0 Å². The van der Waals surface area contributed by atoms with E-state index in [0.717, 1.165) is 24.2 Å². The molecule has 0 saturated carbocycles. The van der Waals surface area contributed by atoms with Gasteiger partial charge in [0.2, 0.25) is 0 Å². The number of carbonyl (C=O) groups is 1. The van der Waals surface area contributed by atoms with Crippen LogP contribution in [0.5, 0.6) is 0 Å². The second kappa shape index (κ2) is 8.50. The first-order valence-electron chi connectivity index (χ1n) is 4.85. The van der Waals surface area contributed by atoms with Crippen LogP contribution in [0, 0.1) is 0 Å². The maximum absolute atomic E-state index is 10.7. The number of hydrogen-bond acceptors (Lipinski definition) is 5. The van der Waals surface area contributed by atoms with E-state index >= 15 is 0 Å².